The number of nitrogens with zero attached hydrogens (tertiary/aromatic N) is 1. The Morgan fingerprint density at radius 1 is 1.03 bits per heavy atom. The second kappa shape index (κ2) is 10.6. The lowest BCUT2D eigenvalue weighted by Gasteiger charge is -2.37. The van der Waals surface area contributed by atoms with Crippen LogP contribution in [0.1, 0.15) is 45.2 Å². The van der Waals surface area contributed by atoms with Crippen LogP contribution in [0.5, 0.6) is 0 Å². The number of carbonyl (C=O) groups is 3. The number of rotatable bonds is 8. The summed E-state index contributed by atoms with van der Waals surface area (Å²) in [4.78, 5) is 46.1. The molecule has 0 fully saturated rings. The minimum absolute atomic E-state index is 0.158. The molecular formula is C31H30N4O3S. The summed E-state index contributed by atoms with van der Waals surface area (Å²) in [6.07, 6.45) is 2.85. The Labute approximate surface area is 231 Å². The molecule has 3 atom stereocenters. The number of hydrogen-bond donors (Lipinski definition) is 3. The predicted octanol–water partition coefficient (Wildman–Crippen LogP) is 4.19. The van der Waals surface area contributed by atoms with Gasteiger partial charge in [0.1, 0.15) is 12.1 Å². The van der Waals surface area contributed by atoms with Gasteiger partial charge in [-0.15, -0.1) is 0 Å². The Morgan fingerprint density at radius 3 is 2.59 bits per heavy atom. The van der Waals surface area contributed by atoms with Crippen LogP contribution in [0.15, 0.2) is 78.9 Å². The third-order valence-electron chi connectivity index (χ3n) is 7.71. The summed E-state index contributed by atoms with van der Waals surface area (Å²) in [5.41, 5.74) is 5.49. The van der Waals surface area contributed by atoms with E-state index in [9.17, 15) is 14.4 Å². The van der Waals surface area contributed by atoms with E-state index in [4.69, 9.17) is 0 Å². The maximum atomic E-state index is 14.0. The van der Waals surface area contributed by atoms with Gasteiger partial charge >= 0.3 is 0 Å². The van der Waals surface area contributed by atoms with Gasteiger partial charge in [0, 0.05) is 35.1 Å². The number of nitrogens with one attached hydrogen (secondary N) is 3. The summed E-state index contributed by atoms with van der Waals surface area (Å²) in [5, 5.41) is 7.05. The van der Waals surface area contributed by atoms with Crippen LogP contribution in [0.25, 0.3) is 10.9 Å². The van der Waals surface area contributed by atoms with Crippen molar-refractivity contribution >= 4 is 40.4 Å². The van der Waals surface area contributed by atoms with E-state index in [1.807, 2.05) is 79.1 Å². The van der Waals surface area contributed by atoms with E-state index in [0.29, 0.717) is 24.9 Å². The number of amides is 3. The molecule has 1 aromatic heterocycles. The molecule has 0 aliphatic carbocycles. The van der Waals surface area contributed by atoms with E-state index < -0.39 is 12.1 Å². The van der Waals surface area contributed by atoms with Gasteiger partial charge < -0.3 is 20.5 Å². The number of aromatic amines is 1. The summed E-state index contributed by atoms with van der Waals surface area (Å²) in [6, 6.07) is 23.5. The van der Waals surface area contributed by atoms with Crippen LogP contribution < -0.4 is 10.6 Å². The second-order valence-electron chi connectivity index (χ2n) is 10.0. The molecule has 8 heteroatoms. The largest absolute Gasteiger partial charge is 0.356 e. The summed E-state index contributed by atoms with van der Waals surface area (Å²) in [7, 11) is 0. The summed E-state index contributed by atoms with van der Waals surface area (Å²) < 4.78 is 0. The van der Waals surface area contributed by atoms with E-state index in [2.05, 4.69) is 21.7 Å². The van der Waals surface area contributed by atoms with Gasteiger partial charge in [0.25, 0.3) is 5.91 Å². The topological polar surface area (TPSA) is 94.3 Å². The number of carbonyl (C=O) groups excluding carboxylic acids is 3. The molecule has 0 saturated carbocycles. The number of benzene rings is 3. The van der Waals surface area contributed by atoms with Gasteiger partial charge in [0.15, 0.2) is 0 Å². The Bertz CT molecular complexity index is 1550. The van der Waals surface area contributed by atoms with E-state index in [1.54, 1.807) is 16.7 Å². The molecule has 6 rings (SSSR count). The Morgan fingerprint density at radius 2 is 1.77 bits per heavy atom. The first-order valence-electron chi connectivity index (χ1n) is 13.2. The molecule has 0 saturated heterocycles. The van der Waals surface area contributed by atoms with Crippen molar-refractivity contribution in [2.24, 2.45) is 0 Å². The molecule has 198 valence electrons. The Balaban J connectivity index is 1.30. The van der Waals surface area contributed by atoms with Crippen molar-refractivity contribution < 1.29 is 14.4 Å². The maximum absolute atomic E-state index is 14.0. The molecule has 0 radical (unpaired) electrons. The van der Waals surface area contributed by atoms with E-state index in [0.717, 1.165) is 39.0 Å². The minimum Gasteiger partial charge on any atom is -0.356 e. The molecule has 2 aliphatic heterocycles. The molecule has 0 bridgehead atoms. The number of para-hydroxylation sites is 1. The number of thioether (sulfide) groups is 1. The normalized spacial score (nSPS) is 18.3. The summed E-state index contributed by atoms with van der Waals surface area (Å²) in [5.74, 6) is 0.0299. The number of hydrogen-bond acceptors (Lipinski definition) is 4. The van der Waals surface area contributed by atoms with Crippen molar-refractivity contribution in [2.45, 2.75) is 37.5 Å². The molecule has 39 heavy (non-hydrogen) atoms. The van der Waals surface area contributed by atoms with Crippen LogP contribution in [0.2, 0.25) is 0 Å². The van der Waals surface area contributed by atoms with Crippen molar-refractivity contribution in [3.05, 3.63) is 107 Å². The first-order chi connectivity index (χ1) is 19.1. The zero-order chi connectivity index (χ0) is 26.9. The molecule has 3 heterocycles. The molecule has 7 nitrogen and oxygen atoms in total. The van der Waals surface area contributed by atoms with Gasteiger partial charge in [0.2, 0.25) is 11.8 Å². The molecule has 0 spiro atoms. The van der Waals surface area contributed by atoms with Crippen molar-refractivity contribution in [2.75, 3.05) is 12.0 Å². The van der Waals surface area contributed by atoms with E-state index >= 15 is 0 Å². The number of H-pyrrole nitrogens is 1. The second-order valence-corrected chi connectivity index (χ2v) is 11.0. The fourth-order valence-corrected chi connectivity index (χ4v) is 6.29. The molecule has 3 aromatic carbocycles. The lowest BCUT2D eigenvalue weighted by Crippen LogP contribution is -2.56. The van der Waals surface area contributed by atoms with Crippen molar-refractivity contribution in [3.8, 4) is 0 Å². The van der Waals surface area contributed by atoms with E-state index in [1.165, 1.54) is 0 Å². The van der Waals surface area contributed by atoms with Crippen LogP contribution in [0, 0.1) is 0 Å². The molecule has 2 aliphatic rings. The Kier molecular flexibility index (Phi) is 6.87. The van der Waals surface area contributed by atoms with Crippen LogP contribution >= 0.6 is 11.8 Å². The monoisotopic (exact) mass is 538 g/mol. The lowest BCUT2D eigenvalue weighted by atomic mass is 9.89. The van der Waals surface area contributed by atoms with Crippen LogP contribution in [0.3, 0.4) is 0 Å². The first kappa shape index (κ1) is 25.2. The molecule has 4 aromatic rings. The zero-order valence-corrected chi connectivity index (χ0v) is 22.5. The van der Waals surface area contributed by atoms with Gasteiger partial charge in [-0.1, -0.05) is 66.7 Å². The molecular weight excluding hydrogens is 508 g/mol. The number of aromatic nitrogens is 1. The zero-order valence-electron chi connectivity index (χ0n) is 21.6. The number of fused-ring (bicyclic) bond motifs is 7. The third kappa shape index (κ3) is 4.59. The average Bonchev–Trinajstić information content (AvgIpc) is 3.49. The van der Waals surface area contributed by atoms with Gasteiger partial charge in [-0.3, -0.25) is 14.4 Å². The SMILES string of the molecule is CSCC[C@H](NC(=O)[C@H]1Cc2c([nH]c3ccccc23)[C@@H]2c3ccccc3C(=O)N21)C(=O)NCc1ccccc1. The highest BCUT2D eigenvalue weighted by Crippen LogP contribution is 2.46. The van der Waals surface area contributed by atoms with E-state index in [-0.39, 0.29) is 23.8 Å². The first-order valence-corrected chi connectivity index (χ1v) is 14.6. The van der Waals surface area contributed by atoms with Crippen molar-refractivity contribution in [3.63, 3.8) is 0 Å². The fourth-order valence-electron chi connectivity index (χ4n) is 5.82. The fraction of sp³-hybridized carbons (Fsp3) is 0.258. The van der Waals surface area contributed by atoms with Crippen LogP contribution in [-0.2, 0) is 22.6 Å². The average molecular weight is 539 g/mol. The van der Waals surface area contributed by atoms with Crippen LogP contribution in [-0.4, -0.2) is 51.7 Å². The highest BCUT2D eigenvalue weighted by Gasteiger charge is 2.49. The Hall–Kier alpha value is -4.04. The van der Waals surface area contributed by atoms with Crippen molar-refractivity contribution in [1.29, 1.82) is 0 Å². The smallest absolute Gasteiger partial charge is 0.255 e. The highest BCUT2D eigenvalue weighted by molar-refractivity contribution is 7.98. The highest BCUT2D eigenvalue weighted by atomic mass is 32.2. The standard InChI is InChI=1S/C31H30N4O3S/c1-39-16-15-25(29(36)32-18-19-9-3-2-4-10-19)34-30(37)26-17-23-20-11-7-8-14-24(20)33-27(23)28-21-12-5-6-13-22(21)31(38)35(26)28/h2-14,25-26,28,33H,15-18H2,1H3,(H,32,36)(H,34,37)/t25-,26+,28-/m0/s1. The van der Waals surface area contributed by atoms with Gasteiger partial charge in [0.05, 0.1) is 6.04 Å². The third-order valence-corrected chi connectivity index (χ3v) is 8.35. The quantitative estimate of drug-likeness (QED) is 0.314. The summed E-state index contributed by atoms with van der Waals surface area (Å²) >= 11 is 1.63. The predicted molar refractivity (Wildman–Crippen MR) is 153 cm³/mol. The summed E-state index contributed by atoms with van der Waals surface area (Å²) in [6.45, 7) is 0.384. The maximum Gasteiger partial charge on any atom is 0.255 e. The van der Waals surface area contributed by atoms with Crippen LogP contribution in [0.4, 0.5) is 0 Å². The van der Waals surface area contributed by atoms with Gasteiger partial charge in [-0.05, 0) is 47.3 Å². The molecule has 3 N–H and O–H groups in total. The van der Waals surface area contributed by atoms with Gasteiger partial charge in [-0.2, -0.15) is 11.8 Å². The van der Waals surface area contributed by atoms with Crippen molar-refractivity contribution in [1.82, 2.24) is 20.5 Å². The molecule has 0 unspecified atom stereocenters. The minimum atomic E-state index is -0.736. The molecule has 3 amide bonds. The van der Waals surface area contributed by atoms with Gasteiger partial charge in [-0.25, -0.2) is 0 Å². The lowest BCUT2D eigenvalue weighted by molar-refractivity contribution is -0.132.